The number of phenols is 1. The van der Waals surface area contributed by atoms with E-state index in [0.717, 1.165) is 10.5 Å². The highest BCUT2D eigenvalue weighted by Crippen LogP contribution is 2.57. The summed E-state index contributed by atoms with van der Waals surface area (Å²) < 4.78 is 5.72. The molecule has 4 unspecified atom stereocenters. The highest BCUT2D eigenvalue weighted by atomic mass is 79.9. The summed E-state index contributed by atoms with van der Waals surface area (Å²) in [6, 6.07) is 8.63. The number of halogens is 1. The monoisotopic (exact) mass is 579 g/mol. The van der Waals surface area contributed by atoms with Crippen molar-refractivity contribution in [2.24, 2.45) is 17.8 Å². The first kappa shape index (κ1) is 24.1. The van der Waals surface area contributed by atoms with Crippen LogP contribution in [0.1, 0.15) is 29.2 Å². The fourth-order valence-corrected chi connectivity index (χ4v) is 7.46. The van der Waals surface area contributed by atoms with E-state index in [1.165, 1.54) is 35.5 Å². The van der Waals surface area contributed by atoms with Gasteiger partial charge in [0.25, 0.3) is 0 Å². The van der Waals surface area contributed by atoms with Crippen LogP contribution in [0.15, 0.2) is 69.1 Å². The Labute approximate surface area is 225 Å². The van der Waals surface area contributed by atoms with E-state index in [4.69, 9.17) is 4.74 Å². The molecule has 0 spiro atoms. The van der Waals surface area contributed by atoms with Crippen LogP contribution in [-0.2, 0) is 25.7 Å². The van der Waals surface area contributed by atoms with Crippen LogP contribution in [0, 0.1) is 17.8 Å². The smallest absolute Gasteiger partial charge is 0.234 e. The maximum absolute atomic E-state index is 13.8. The molecule has 4 atom stereocenters. The van der Waals surface area contributed by atoms with Gasteiger partial charge in [-0.3, -0.25) is 24.1 Å². The first-order valence-corrected chi connectivity index (χ1v) is 13.6. The van der Waals surface area contributed by atoms with Gasteiger partial charge in [0.05, 0.1) is 30.0 Å². The molecule has 1 aromatic heterocycles. The third-order valence-corrected chi connectivity index (χ3v) is 9.32. The molecule has 7 nitrogen and oxygen atoms in total. The first-order valence-electron chi connectivity index (χ1n) is 11.9. The van der Waals surface area contributed by atoms with Gasteiger partial charge >= 0.3 is 0 Å². The maximum atomic E-state index is 13.8. The summed E-state index contributed by atoms with van der Waals surface area (Å²) in [4.78, 5) is 56.0. The molecule has 0 bridgehead atoms. The van der Waals surface area contributed by atoms with Crippen molar-refractivity contribution in [1.82, 2.24) is 4.90 Å². The summed E-state index contributed by atoms with van der Waals surface area (Å²) in [5, 5.41) is 12.9. The minimum atomic E-state index is -0.770. The number of carbonyl (C=O) groups excluding carboxylic acids is 4. The highest BCUT2D eigenvalue weighted by Gasteiger charge is 2.56. The molecule has 1 saturated heterocycles. The van der Waals surface area contributed by atoms with Crippen molar-refractivity contribution in [3.05, 3.63) is 79.5 Å². The summed E-state index contributed by atoms with van der Waals surface area (Å²) in [7, 11) is 1.48. The number of methoxy groups -OCH3 is 1. The minimum Gasteiger partial charge on any atom is -0.507 e. The Kier molecular flexibility index (Phi) is 5.80. The predicted molar refractivity (Wildman–Crippen MR) is 139 cm³/mol. The summed E-state index contributed by atoms with van der Waals surface area (Å²) in [6.45, 7) is 0.223. The maximum Gasteiger partial charge on any atom is 0.234 e. The molecule has 0 saturated carbocycles. The SMILES string of the molecule is COc1cccc(O)c1C1C2=CCC3C(=O)N(Cc4cccs4)C(=O)C3C2CC2=C1C(=O)C=C(Br)C2=O. The third-order valence-electron chi connectivity index (χ3n) is 7.87. The molecule has 1 aromatic carbocycles. The van der Waals surface area contributed by atoms with Gasteiger partial charge in [0.1, 0.15) is 11.5 Å². The molecule has 2 heterocycles. The fraction of sp³-hybridized carbons (Fsp3) is 0.286. The zero-order valence-corrected chi connectivity index (χ0v) is 22.2. The molecule has 2 amide bonds. The Morgan fingerprint density at radius 1 is 1.11 bits per heavy atom. The van der Waals surface area contributed by atoms with Crippen LogP contribution in [0.4, 0.5) is 0 Å². The second-order valence-electron chi connectivity index (χ2n) is 9.63. The molecule has 2 aromatic rings. The number of benzene rings is 1. The second kappa shape index (κ2) is 8.92. The van der Waals surface area contributed by atoms with Crippen LogP contribution in [0.3, 0.4) is 0 Å². The van der Waals surface area contributed by atoms with Crippen molar-refractivity contribution in [3.63, 3.8) is 0 Å². The lowest BCUT2D eigenvalue weighted by Crippen LogP contribution is -2.39. The fourth-order valence-electron chi connectivity index (χ4n) is 6.32. The number of fused-ring (bicyclic) bond motifs is 3. The average Bonchev–Trinajstić information content (AvgIpc) is 3.49. The Morgan fingerprint density at radius 3 is 2.65 bits per heavy atom. The van der Waals surface area contributed by atoms with Gasteiger partial charge in [0.15, 0.2) is 11.6 Å². The molecule has 188 valence electrons. The van der Waals surface area contributed by atoms with E-state index in [9.17, 15) is 24.3 Å². The van der Waals surface area contributed by atoms with Crippen molar-refractivity contribution in [1.29, 1.82) is 0 Å². The number of nitrogens with zero attached hydrogens (tertiary/aromatic N) is 1. The molecule has 9 heteroatoms. The van der Waals surface area contributed by atoms with Crippen molar-refractivity contribution in [3.8, 4) is 11.5 Å². The van der Waals surface area contributed by atoms with Crippen LogP contribution in [0.25, 0.3) is 0 Å². The van der Waals surface area contributed by atoms with E-state index in [0.29, 0.717) is 28.9 Å². The van der Waals surface area contributed by atoms with Crippen molar-refractivity contribution in [2.75, 3.05) is 7.11 Å². The lowest BCUT2D eigenvalue weighted by atomic mass is 9.59. The predicted octanol–water partition coefficient (Wildman–Crippen LogP) is 4.42. The zero-order valence-electron chi connectivity index (χ0n) is 19.8. The number of thiophene rings is 1. The van der Waals surface area contributed by atoms with E-state index in [1.54, 1.807) is 12.1 Å². The molecule has 37 heavy (non-hydrogen) atoms. The number of ketones is 2. The lowest BCUT2D eigenvalue weighted by Gasteiger charge is -2.42. The van der Waals surface area contributed by atoms with Crippen LogP contribution in [-0.4, -0.2) is 40.5 Å². The van der Waals surface area contributed by atoms with E-state index < -0.39 is 23.7 Å². The van der Waals surface area contributed by atoms with Gasteiger partial charge in [-0.25, -0.2) is 0 Å². The quantitative estimate of drug-likeness (QED) is 0.327. The van der Waals surface area contributed by atoms with Crippen LogP contribution in [0.2, 0.25) is 0 Å². The topological polar surface area (TPSA) is 101 Å². The number of ether oxygens (including phenoxy) is 1. The number of hydrogen-bond donors (Lipinski definition) is 1. The third kappa shape index (κ3) is 3.59. The van der Waals surface area contributed by atoms with Crippen LogP contribution < -0.4 is 4.74 Å². The molecule has 0 radical (unpaired) electrons. The van der Waals surface area contributed by atoms with Crippen molar-refractivity contribution in [2.45, 2.75) is 25.3 Å². The number of imide groups is 1. The van der Waals surface area contributed by atoms with E-state index in [1.807, 2.05) is 23.6 Å². The van der Waals surface area contributed by atoms with Gasteiger partial charge in [0.2, 0.25) is 11.8 Å². The largest absolute Gasteiger partial charge is 0.507 e. The summed E-state index contributed by atoms with van der Waals surface area (Å²) in [5.41, 5.74) is 1.76. The second-order valence-corrected chi connectivity index (χ2v) is 11.5. The number of rotatable bonds is 4. The van der Waals surface area contributed by atoms with Gasteiger partial charge in [-0.05, 0) is 58.3 Å². The molecule has 4 aliphatic rings. The van der Waals surface area contributed by atoms with Gasteiger partial charge < -0.3 is 9.84 Å². The number of hydrogen-bond acceptors (Lipinski definition) is 7. The van der Waals surface area contributed by atoms with Gasteiger partial charge in [0, 0.05) is 33.6 Å². The number of carbonyl (C=O) groups is 4. The molecule has 6 rings (SSSR count). The first-order chi connectivity index (χ1) is 17.8. The molecule has 3 aliphatic carbocycles. The van der Waals surface area contributed by atoms with E-state index >= 15 is 0 Å². The summed E-state index contributed by atoms with van der Waals surface area (Å²) in [5.74, 6) is -3.20. The molecular formula is C28H22BrNO6S. The molecular weight excluding hydrogens is 558 g/mol. The summed E-state index contributed by atoms with van der Waals surface area (Å²) >= 11 is 4.71. The Balaban J connectivity index is 1.50. The number of aromatic hydroxyl groups is 1. The number of likely N-dealkylation sites (tertiary alicyclic amines) is 1. The number of allylic oxidation sites excluding steroid dienone is 6. The molecule has 1 fully saturated rings. The minimum absolute atomic E-state index is 0.0677. The molecule has 1 aliphatic heterocycles. The average molecular weight is 580 g/mol. The molecule has 1 N–H and O–H groups in total. The normalized spacial score (nSPS) is 27.0. The van der Waals surface area contributed by atoms with Crippen molar-refractivity contribution >= 4 is 50.6 Å². The Bertz CT molecular complexity index is 1470. The van der Waals surface area contributed by atoms with Gasteiger partial charge in [-0.15, -0.1) is 11.3 Å². The van der Waals surface area contributed by atoms with Crippen LogP contribution in [0.5, 0.6) is 11.5 Å². The van der Waals surface area contributed by atoms with Crippen LogP contribution >= 0.6 is 27.3 Å². The van der Waals surface area contributed by atoms with E-state index in [-0.39, 0.29) is 46.6 Å². The Morgan fingerprint density at radius 2 is 1.92 bits per heavy atom. The van der Waals surface area contributed by atoms with Crippen molar-refractivity contribution < 1.29 is 29.0 Å². The van der Waals surface area contributed by atoms with E-state index in [2.05, 4.69) is 15.9 Å². The highest BCUT2D eigenvalue weighted by molar-refractivity contribution is 9.12. The zero-order chi connectivity index (χ0) is 26.0. The lowest BCUT2D eigenvalue weighted by molar-refractivity contribution is -0.140. The number of Topliss-reactive ketones (excluding diaryl/α,β-unsaturated/α-hetero) is 1. The number of amides is 2. The number of phenolic OH excluding ortho intramolecular Hbond substituents is 1. The standard InChI is InChI=1S/C28H22BrNO6S/c1-36-21-6-2-5-19(31)25(21)24-14-7-8-15-22(28(35)30(27(15)34)12-13-4-3-9-37-13)16(14)10-17-23(24)20(32)11-18(29)26(17)33/h2-7,9,11,15-16,22,24,31H,8,10,12H2,1H3. The van der Waals surface area contributed by atoms with Gasteiger partial charge in [-0.1, -0.05) is 23.8 Å². The van der Waals surface area contributed by atoms with Gasteiger partial charge in [-0.2, -0.15) is 0 Å². The summed E-state index contributed by atoms with van der Waals surface area (Å²) in [6.07, 6.45) is 3.71. The Hall–Kier alpha value is -3.30.